The van der Waals surface area contributed by atoms with Gasteiger partial charge in [-0.1, -0.05) is 0 Å². The first-order chi connectivity index (χ1) is 13.9. The fourth-order valence-corrected chi connectivity index (χ4v) is 3.71. The molecule has 148 valence electrons. The molecule has 2 atom stereocenters. The predicted octanol–water partition coefficient (Wildman–Crippen LogP) is 1.90. The van der Waals surface area contributed by atoms with E-state index in [1.54, 1.807) is 13.1 Å². The number of carbonyl (C=O) groups is 1. The van der Waals surface area contributed by atoms with Gasteiger partial charge in [-0.25, -0.2) is 14.4 Å². The van der Waals surface area contributed by atoms with Gasteiger partial charge in [0.1, 0.15) is 17.1 Å². The van der Waals surface area contributed by atoms with E-state index < -0.39 is 17.3 Å². The van der Waals surface area contributed by atoms with Gasteiger partial charge in [0.05, 0.1) is 24.2 Å². The number of aromatic nitrogens is 1. The Labute approximate surface area is 166 Å². The van der Waals surface area contributed by atoms with Crippen LogP contribution in [0, 0.1) is 23.1 Å². The lowest BCUT2D eigenvalue weighted by molar-refractivity contribution is -0.140. The highest BCUT2D eigenvalue weighted by Gasteiger charge is 2.52. The molecule has 8 nitrogen and oxygen atoms in total. The largest absolute Gasteiger partial charge is 0.439 e. The maximum atomic E-state index is 14.9. The number of hydrogen-bond donors (Lipinski definition) is 1. The first-order valence-corrected chi connectivity index (χ1v) is 8.99. The third kappa shape index (κ3) is 3.17. The summed E-state index contributed by atoms with van der Waals surface area (Å²) in [6, 6.07) is 9.20. The zero-order valence-corrected chi connectivity index (χ0v) is 15.6. The average molecular weight is 395 g/mol. The summed E-state index contributed by atoms with van der Waals surface area (Å²) in [4.78, 5) is 22.7. The summed E-state index contributed by atoms with van der Waals surface area (Å²) in [7, 11) is 1.55. The Balaban J connectivity index is 1.78. The molecule has 9 heteroatoms. The highest BCUT2D eigenvalue weighted by Crippen LogP contribution is 2.44. The summed E-state index contributed by atoms with van der Waals surface area (Å²) in [5, 5.41) is 9.02. The van der Waals surface area contributed by atoms with Crippen LogP contribution in [0.5, 0.6) is 11.6 Å². The molecular formula is C20H18FN5O3. The Bertz CT molecular complexity index is 1050. The van der Waals surface area contributed by atoms with E-state index in [4.69, 9.17) is 20.5 Å². The molecule has 29 heavy (non-hydrogen) atoms. The maximum Gasteiger partial charge on any atom is 0.235 e. The average Bonchev–Trinajstić information content (AvgIpc) is 2.73. The molecule has 0 unspecified atom stereocenters. The van der Waals surface area contributed by atoms with Gasteiger partial charge in [-0.3, -0.25) is 9.69 Å². The van der Waals surface area contributed by atoms with Gasteiger partial charge >= 0.3 is 0 Å². The van der Waals surface area contributed by atoms with Gasteiger partial charge in [0.25, 0.3) is 0 Å². The SMILES string of the molecule is CN1C(=O)[C@@H]2CCOC[C@]2(c2cc(Oc3cc(C#N)ccn3)ccc2F)N=C1N. The number of nitriles is 1. The standard InChI is InChI=1S/C20H18FN5O3/c1-26-18(27)14-5-7-28-11-20(14,25-19(26)23)15-9-13(2-3-16(15)21)29-17-8-12(10-22)4-6-24-17/h2-4,6,8-9,14H,5,7,11H2,1H3,(H2,23,25)/t14-,20-/m0/s1. The van der Waals surface area contributed by atoms with Gasteiger partial charge < -0.3 is 15.2 Å². The van der Waals surface area contributed by atoms with Crippen LogP contribution in [-0.4, -0.2) is 42.0 Å². The molecule has 0 bridgehead atoms. The van der Waals surface area contributed by atoms with E-state index in [1.165, 1.54) is 35.4 Å². The van der Waals surface area contributed by atoms with Gasteiger partial charge in [0.15, 0.2) is 5.96 Å². The fourth-order valence-electron chi connectivity index (χ4n) is 3.71. The number of halogens is 1. The van der Waals surface area contributed by atoms with Crippen molar-refractivity contribution in [2.45, 2.75) is 12.0 Å². The van der Waals surface area contributed by atoms with E-state index in [9.17, 15) is 9.18 Å². The molecule has 3 heterocycles. The molecule has 0 saturated carbocycles. The van der Waals surface area contributed by atoms with Crippen LogP contribution in [0.1, 0.15) is 17.5 Å². The van der Waals surface area contributed by atoms with Gasteiger partial charge in [0, 0.05) is 31.5 Å². The number of rotatable bonds is 3. The minimum Gasteiger partial charge on any atom is -0.439 e. The number of ether oxygens (including phenoxy) is 2. The highest BCUT2D eigenvalue weighted by molar-refractivity contribution is 6.00. The van der Waals surface area contributed by atoms with Crippen molar-refractivity contribution >= 4 is 11.9 Å². The van der Waals surface area contributed by atoms with Crippen LogP contribution in [0.2, 0.25) is 0 Å². The number of nitrogens with two attached hydrogens (primary N) is 1. The summed E-state index contributed by atoms with van der Waals surface area (Å²) < 4.78 is 26.2. The van der Waals surface area contributed by atoms with E-state index in [0.29, 0.717) is 24.3 Å². The van der Waals surface area contributed by atoms with Crippen molar-refractivity contribution in [3.63, 3.8) is 0 Å². The van der Waals surface area contributed by atoms with Crippen LogP contribution in [0.15, 0.2) is 41.5 Å². The first-order valence-electron chi connectivity index (χ1n) is 8.99. The molecule has 0 spiro atoms. The third-order valence-electron chi connectivity index (χ3n) is 5.23. The molecule has 2 N–H and O–H groups in total. The molecule has 0 radical (unpaired) electrons. The van der Waals surface area contributed by atoms with E-state index in [0.717, 1.165) is 0 Å². The van der Waals surface area contributed by atoms with Crippen LogP contribution in [-0.2, 0) is 15.1 Å². The van der Waals surface area contributed by atoms with Crippen molar-refractivity contribution in [3.8, 4) is 17.7 Å². The van der Waals surface area contributed by atoms with Gasteiger partial charge in [-0.2, -0.15) is 5.26 Å². The normalized spacial score (nSPS) is 23.8. The summed E-state index contributed by atoms with van der Waals surface area (Å²) >= 11 is 0. The Kier molecular flexibility index (Phi) is 4.64. The minimum absolute atomic E-state index is 0.00543. The third-order valence-corrected chi connectivity index (χ3v) is 5.23. The quantitative estimate of drug-likeness (QED) is 0.849. The highest BCUT2D eigenvalue weighted by atomic mass is 19.1. The minimum atomic E-state index is -1.27. The van der Waals surface area contributed by atoms with Crippen LogP contribution in [0.4, 0.5) is 4.39 Å². The van der Waals surface area contributed by atoms with Crippen molar-refractivity contribution in [2.24, 2.45) is 16.6 Å². The lowest BCUT2D eigenvalue weighted by Gasteiger charge is -2.45. The molecule has 1 aromatic carbocycles. The maximum absolute atomic E-state index is 14.9. The number of aliphatic imine (C=N–C) groups is 1. The molecule has 2 aliphatic rings. The predicted molar refractivity (Wildman–Crippen MR) is 100 cm³/mol. The second kappa shape index (κ2) is 7.14. The van der Waals surface area contributed by atoms with Gasteiger partial charge in [0.2, 0.25) is 11.8 Å². The van der Waals surface area contributed by atoms with Crippen molar-refractivity contribution < 1.29 is 18.7 Å². The number of fused-ring (bicyclic) bond motifs is 1. The van der Waals surface area contributed by atoms with Crippen LogP contribution >= 0.6 is 0 Å². The number of pyridine rings is 1. The Morgan fingerprint density at radius 1 is 1.41 bits per heavy atom. The van der Waals surface area contributed by atoms with Gasteiger partial charge in [-0.15, -0.1) is 0 Å². The lowest BCUT2D eigenvalue weighted by Crippen LogP contribution is -2.58. The van der Waals surface area contributed by atoms with Crippen molar-refractivity contribution in [1.82, 2.24) is 9.88 Å². The first kappa shape index (κ1) is 18.8. The number of hydrogen-bond acceptors (Lipinski definition) is 7. The number of amides is 1. The molecule has 2 aliphatic heterocycles. The molecule has 0 aliphatic carbocycles. The van der Waals surface area contributed by atoms with Gasteiger partial charge in [-0.05, 0) is 30.7 Å². The lowest BCUT2D eigenvalue weighted by atomic mass is 9.74. The Morgan fingerprint density at radius 2 is 2.24 bits per heavy atom. The smallest absolute Gasteiger partial charge is 0.235 e. The van der Waals surface area contributed by atoms with Crippen LogP contribution < -0.4 is 10.5 Å². The Morgan fingerprint density at radius 3 is 3.03 bits per heavy atom. The fraction of sp³-hybridized carbons (Fsp3) is 0.300. The van der Waals surface area contributed by atoms with E-state index in [1.807, 2.05) is 6.07 Å². The van der Waals surface area contributed by atoms with Crippen LogP contribution in [0.25, 0.3) is 0 Å². The zero-order chi connectivity index (χ0) is 20.6. The zero-order valence-electron chi connectivity index (χ0n) is 15.6. The molecule has 1 fully saturated rings. The number of guanidine groups is 1. The summed E-state index contributed by atoms with van der Waals surface area (Å²) in [6.45, 7) is 0.407. The summed E-state index contributed by atoms with van der Waals surface area (Å²) in [5.41, 5.74) is 5.23. The van der Waals surface area contributed by atoms with Crippen molar-refractivity contribution in [1.29, 1.82) is 5.26 Å². The topological polar surface area (TPSA) is 114 Å². The number of carbonyl (C=O) groups excluding carboxylic acids is 1. The van der Waals surface area contributed by atoms with E-state index in [-0.39, 0.29) is 29.9 Å². The monoisotopic (exact) mass is 395 g/mol. The number of nitrogens with zero attached hydrogens (tertiary/aromatic N) is 4. The molecule has 2 aromatic rings. The van der Waals surface area contributed by atoms with E-state index >= 15 is 0 Å². The second-order valence-corrected chi connectivity index (χ2v) is 6.92. The molecule has 1 aromatic heterocycles. The molecule has 1 saturated heterocycles. The van der Waals surface area contributed by atoms with Crippen molar-refractivity contribution in [3.05, 3.63) is 53.5 Å². The van der Waals surface area contributed by atoms with E-state index in [2.05, 4.69) is 9.98 Å². The number of benzene rings is 1. The molecular weight excluding hydrogens is 377 g/mol. The molecule has 1 amide bonds. The second-order valence-electron chi connectivity index (χ2n) is 6.92. The summed E-state index contributed by atoms with van der Waals surface area (Å²) in [6.07, 6.45) is 1.85. The Hall–Kier alpha value is -3.51. The van der Waals surface area contributed by atoms with Crippen LogP contribution in [0.3, 0.4) is 0 Å². The summed E-state index contributed by atoms with van der Waals surface area (Å²) in [5.74, 6) is -0.875. The van der Waals surface area contributed by atoms with Crippen molar-refractivity contribution in [2.75, 3.05) is 20.3 Å². The molecule has 4 rings (SSSR count).